The summed E-state index contributed by atoms with van der Waals surface area (Å²) in [7, 11) is 0. The second-order valence-corrected chi connectivity index (χ2v) is 6.47. The molecule has 5 nitrogen and oxygen atoms in total. The van der Waals surface area contributed by atoms with E-state index in [1.54, 1.807) is 0 Å². The SMILES string of the molecule is CC(=O)Nc1ccc(COc2ccc3cc(C(=N)N)sc3c2)cc1. The Bertz CT molecular complexity index is 900. The van der Waals surface area contributed by atoms with Crippen molar-refractivity contribution >= 4 is 38.9 Å². The summed E-state index contributed by atoms with van der Waals surface area (Å²) in [5.41, 5.74) is 7.31. The van der Waals surface area contributed by atoms with E-state index >= 15 is 0 Å². The van der Waals surface area contributed by atoms with Gasteiger partial charge in [0.1, 0.15) is 18.2 Å². The number of nitrogens with two attached hydrogens (primary N) is 1. The highest BCUT2D eigenvalue weighted by Gasteiger charge is 2.06. The van der Waals surface area contributed by atoms with Crippen molar-refractivity contribution in [2.24, 2.45) is 5.73 Å². The molecule has 3 aromatic rings. The number of nitrogens with one attached hydrogen (secondary N) is 2. The van der Waals surface area contributed by atoms with Crippen LogP contribution in [-0.2, 0) is 11.4 Å². The molecular formula is C18H17N3O2S. The lowest BCUT2D eigenvalue weighted by Gasteiger charge is -2.07. The Morgan fingerprint density at radius 3 is 2.62 bits per heavy atom. The lowest BCUT2D eigenvalue weighted by molar-refractivity contribution is -0.114. The van der Waals surface area contributed by atoms with Gasteiger partial charge >= 0.3 is 0 Å². The Morgan fingerprint density at radius 1 is 1.21 bits per heavy atom. The average molecular weight is 339 g/mol. The van der Waals surface area contributed by atoms with Crippen LogP contribution < -0.4 is 15.8 Å². The predicted octanol–water partition coefficient (Wildman–Crippen LogP) is 3.72. The van der Waals surface area contributed by atoms with E-state index in [2.05, 4.69) is 5.32 Å². The number of benzene rings is 2. The van der Waals surface area contributed by atoms with Gasteiger partial charge in [0.05, 0.1) is 4.88 Å². The zero-order chi connectivity index (χ0) is 17.1. The Labute approximate surface area is 143 Å². The number of carbonyl (C=O) groups excluding carboxylic acids is 1. The molecule has 0 aliphatic rings. The fourth-order valence-corrected chi connectivity index (χ4v) is 3.24. The summed E-state index contributed by atoms with van der Waals surface area (Å²) in [6, 6.07) is 15.3. The van der Waals surface area contributed by atoms with Crippen LogP contribution in [0.3, 0.4) is 0 Å². The van der Waals surface area contributed by atoms with Crippen LogP contribution >= 0.6 is 11.3 Å². The minimum Gasteiger partial charge on any atom is -0.489 e. The number of rotatable bonds is 5. The van der Waals surface area contributed by atoms with E-state index in [-0.39, 0.29) is 11.7 Å². The number of anilines is 1. The number of carbonyl (C=O) groups is 1. The fourth-order valence-electron chi connectivity index (χ4n) is 2.29. The standard InChI is InChI=1S/C18H17N3O2S/c1-11(22)21-14-5-2-12(3-6-14)10-23-15-7-4-13-8-17(18(19)20)24-16(13)9-15/h2-9H,10H2,1H3,(H3,19,20)(H,21,22). The zero-order valence-electron chi connectivity index (χ0n) is 13.1. The molecule has 0 atom stereocenters. The zero-order valence-corrected chi connectivity index (χ0v) is 13.9. The molecule has 0 unspecified atom stereocenters. The predicted molar refractivity (Wildman–Crippen MR) is 97.9 cm³/mol. The van der Waals surface area contributed by atoms with Gasteiger partial charge in [-0.2, -0.15) is 0 Å². The molecule has 0 aliphatic carbocycles. The molecule has 0 spiro atoms. The van der Waals surface area contributed by atoms with Gasteiger partial charge in [0.15, 0.2) is 0 Å². The van der Waals surface area contributed by atoms with Gasteiger partial charge in [-0.1, -0.05) is 12.1 Å². The van der Waals surface area contributed by atoms with Crippen molar-refractivity contribution in [2.75, 3.05) is 5.32 Å². The van der Waals surface area contributed by atoms with Crippen molar-refractivity contribution in [3.8, 4) is 5.75 Å². The average Bonchev–Trinajstić information content (AvgIpc) is 2.97. The van der Waals surface area contributed by atoms with Crippen LogP contribution in [0.2, 0.25) is 0 Å². The smallest absolute Gasteiger partial charge is 0.221 e. The molecule has 2 aromatic carbocycles. The van der Waals surface area contributed by atoms with Crippen LogP contribution in [0.1, 0.15) is 17.4 Å². The number of fused-ring (bicyclic) bond motifs is 1. The molecule has 0 radical (unpaired) electrons. The van der Waals surface area contributed by atoms with E-state index in [0.29, 0.717) is 6.61 Å². The van der Waals surface area contributed by atoms with Crippen LogP contribution in [0.25, 0.3) is 10.1 Å². The normalized spacial score (nSPS) is 10.5. The molecule has 24 heavy (non-hydrogen) atoms. The molecule has 3 rings (SSSR count). The van der Waals surface area contributed by atoms with Crippen molar-refractivity contribution in [3.63, 3.8) is 0 Å². The summed E-state index contributed by atoms with van der Waals surface area (Å²) in [6.07, 6.45) is 0. The highest BCUT2D eigenvalue weighted by atomic mass is 32.1. The van der Waals surface area contributed by atoms with E-state index in [1.807, 2.05) is 48.5 Å². The molecule has 0 bridgehead atoms. The first-order chi connectivity index (χ1) is 11.5. The van der Waals surface area contributed by atoms with Crippen molar-refractivity contribution < 1.29 is 9.53 Å². The molecule has 4 N–H and O–H groups in total. The van der Waals surface area contributed by atoms with Crippen molar-refractivity contribution in [1.82, 2.24) is 0 Å². The van der Waals surface area contributed by atoms with Crippen LogP contribution in [0, 0.1) is 5.41 Å². The topological polar surface area (TPSA) is 88.2 Å². The Kier molecular flexibility index (Phi) is 4.48. The second kappa shape index (κ2) is 6.72. The molecular weight excluding hydrogens is 322 g/mol. The first-order valence-electron chi connectivity index (χ1n) is 7.38. The van der Waals surface area contributed by atoms with E-state index < -0.39 is 0 Å². The largest absolute Gasteiger partial charge is 0.489 e. The van der Waals surface area contributed by atoms with Gasteiger partial charge < -0.3 is 15.8 Å². The minimum absolute atomic E-state index is 0.0814. The molecule has 0 saturated carbocycles. The highest BCUT2D eigenvalue weighted by Crippen LogP contribution is 2.29. The van der Waals surface area contributed by atoms with Gasteiger partial charge in [-0.3, -0.25) is 10.2 Å². The minimum atomic E-state index is -0.0896. The number of ether oxygens (including phenoxy) is 1. The number of nitrogen functional groups attached to an aromatic ring is 1. The lowest BCUT2D eigenvalue weighted by Crippen LogP contribution is -2.08. The maximum atomic E-state index is 11.0. The second-order valence-electron chi connectivity index (χ2n) is 5.39. The molecule has 0 aliphatic heterocycles. The molecule has 1 amide bonds. The van der Waals surface area contributed by atoms with Gasteiger partial charge in [0.2, 0.25) is 5.91 Å². The quantitative estimate of drug-likeness (QED) is 0.489. The number of amidine groups is 1. The maximum Gasteiger partial charge on any atom is 0.221 e. The molecule has 0 fully saturated rings. The Balaban J connectivity index is 1.68. The summed E-state index contributed by atoms with van der Waals surface area (Å²) in [5.74, 6) is 0.761. The van der Waals surface area contributed by atoms with E-state index in [9.17, 15) is 4.79 Å². The van der Waals surface area contributed by atoms with Crippen molar-refractivity contribution in [3.05, 3.63) is 59.0 Å². The van der Waals surface area contributed by atoms with Gasteiger partial charge in [0, 0.05) is 17.3 Å². The fraction of sp³-hybridized carbons (Fsp3) is 0.111. The first-order valence-corrected chi connectivity index (χ1v) is 8.20. The van der Waals surface area contributed by atoms with Crippen LogP contribution in [0.5, 0.6) is 5.75 Å². The van der Waals surface area contributed by atoms with Gasteiger partial charge in [-0.15, -0.1) is 11.3 Å². The summed E-state index contributed by atoms with van der Waals surface area (Å²) < 4.78 is 6.87. The molecule has 0 saturated heterocycles. The van der Waals surface area contributed by atoms with Crippen molar-refractivity contribution in [1.29, 1.82) is 5.41 Å². The first kappa shape index (κ1) is 16.0. The summed E-state index contributed by atoms with van der Waals surface area (Å²) in [6.45, 7) is 1.92. The monoisotopic (exact) mass is 339 g/mol. The van der Waals surface area contributed by atoms with Crippen LogP contribution in [0.4, 0.5) is 5.69 Å². The maximum absolute atomic E-state index is 11.0. The number of amides is 1. The lowest BCUT2D eigenvalue weighted by atomic mass is 10.2. The van der Waals surface area contributed by atoms with E-state index in [0.717, 1.165) is 32.0 Å². The third-order valence-corrected chi connectivity index (χ3v) is 4.57. The molecule has 1 aromatic heterocycles. The van der Waals surface area contributed by atoms with Gasteiger partial charge in [-0.25, -0.2) is 0 Å². The third-order valence-electron chi connectivity index (χ3n) is 3.44. The highest BCUT2D eigenvalue weighted by molar-refractivity contribution is 7.20. The van der Waals surface area contributed by atoms with E-state index in [1.165, 1.54) is 18.3 Å². The summed E-state index contributed by atoms with van der Waals surface area (Å²) in [4.78, 5) is 11.8. The Morgan fingerprint density at radius 2 is 1.96 bits per heavy atom. The van der Waals surface area contributed by atoms with Gasteiger partial charge in [-0.05, 0) is 47.3 Å². The molecule has 1 heterocycles. The summed E-state index contributed by atoms with van der Waals surface area (Å²) >= 11 is 1.48. The number of hydrogen-bond acceptors (Lipinski definition) is 4. The number of hydrogen-bond donors (Lipinski definition) is 3. The molecule has 6 heteroatoms. The van der Waals surface area contributed by atoms with Gasteiger partial charge in [0.25, 0.3) is 0 Å². The Hall–Kier alpha value is -2.86. The van der Waals surface area contributed by atoms with Crippen molar-refractivity contribution in [2.45, 2.75) is 13.5 Å². The number of thiophene rings is 1. The third kappa shape index (κ3) is 3.72. The van der Waals surface area contributed by atoms with Crippen LogP contribution in [-0.4, -0.2) is 11.7 Å². The van der Waals surface area contributed by atoms with Crippen LogP contribution in [0.15, 0.2) is 48.5 Å². The van der Waals surface area contributed by atoms with E-state index in [4.69, 9.17) is 15.9 Å². The molecule has 122 valence electrons. The summed E-state index contributed by atoms with van der Waals surface area (Å²) in [5, 5.41) is 11.3.